The van der Waals surface area contributed by atoms with Gasteiger partial charge in [0, 0.05) is 24.8 Å². The number of nitrogens with one attached hydrogen (secondary N) is 1. The Labute approximate surface area is 129 Å². The first-order valence-electron chi connectivity index (χ1n) is 7.75. The first-order chi connectivity index (χ1) is 10.3. The molecule has 0 fully saturated rings. The fraction of sp³-hybridized carbons (Fsp3) is 0.556. The predicted octanol–water partition coefficient (Wildman–Crippen LogP) is 3.15. The summed E-state index contributed by atoms with van der Waals surface area (Å²) in [6.45, 7) is 9.96. The Hall–Kier alpha value is -1.34. The number of benzene rings is 1. The van der Waals surface area contributed by atoms with Crippen LogP contribution in [0.3, 0.4) is 0 Å². The van der Waals surface area contributed by atoms with Crippen molar-refractivity contribution in [3.8, 4) is 11.8 Å². The molecule has 0 aliphatic carbocycles. The van der Waals surface area contributed by atoms with Gasteiger partial charge in [-0.05, 0) is 44.5 Å². The van der Waals surface area contributed by atoms with Gasteiger partial charge >= 0.3 is 0 Å². The van der Waals surface area contributed by atoms with E-state index in [0.717, 1.165) is 31.7 Å². The second-order valence-electron chi connectivity index (χ2n) is 4.81. The molecule has 0 saturated heterocycles. The van der Waals surface area contributed by atoms with Gasteiger partial charge in [-0.1, -0.05) is 30.9 Å². The highest BCUT2D eigenvalue weighted by atomic mass is 16.5. The third-order valence-electron chi connectivity index (χ3n) is 3.11. The van der Waals surface area contributed by atoms with E-state index in [-0.39, 0.29) is 0 Å². The Bertz CT molecular complexity index is 431. The maximum absolute atomic E-state index is 5.43. The van der Waals surface area contributed by atoms with Crippen molar-refractivity contribution >= 4 is 0 Å². The van der Waals surface area contributed by atoms with Gasteiger partial charge < -0.3 is 14.8 Å². The van der Waals surface area contributed by atoms with Crippen molar-refractivity contribution < 1.29 is 9.47 Å². The number of hydrogen-bond donors (Lipinski definition) is 1. The Kier molecular flexibility index (Phi) is 9.56. The summed E-state index contributed by atoms with van der Waals surface area (Å²) in [6, 6.07) is 8.75. The third kappa shape index (κ3) is 7.87. The van der Waals surface area contributed by atoms with Crippen LogP contribution >= 0.6 is 0 Å². The Balaban J connectivity index is 2.28. The second-order valence-corrected chi connectivity index (χ2v) is 4.81. The molecule has 0 spiro atoms. The molecule has 1 atom stereocenters. The maximum Gasteiger partial charge on any atom is 0.108 e. The van der Waals surface area contributed by atoms with Crippen LogP contribution < -0.4 is 5.32 Å². The first-order valence-corrected chi connectivity index (χ1v) is 7.75. The molecule has 3 heteroatoms. The van der Waals surface area contributed by atoms with Gasteiger partial charge in [-0.15, -0.1) is 0 Å². The zero-order valence-corrected chi connectivity index (χ0v) is 13.4. The Morgan fingerprint density at radius 3 is 2.48 bits per heavy atom. The topological polar surface area (TPSA) is 30.5 Å². The summed E-state index contributed by atoms with van der Waals surface area (Å²) in [5, 5.41) is 3.40. The van der Waals surface area contributed by atoms with E-state index in [9.17, 15) is 0 Å². The van der Waals surface area contributed by atoms with E-state index in [1.165, 1.54) is 5.56 Å². The van der Waals surface area contributed by atoms with E-state index in [0.29, 0.717) is 19.3 Å². The molecule has 116 valence electrons. The molecule has 1 rings (SSSR count). The predicted molar refractivity (Wildman–Crippen MR) is 87.3 cm³/mol. The van der Waals surface area contributed by atoms with Gasteiger partial charge in [0.15, 0.2) is 0 Å². The molecule has 1 unspecified atom stereocenters. The summed E-state index contributed by atoms with van der Waals surface area (Å²) >= 11 is 0. The molecule has 0 amide bonds. The van der Waals surface area contributed by atoms with Gasteiger partial charge in [-0.3, -0.25) is 0 Å². The van der Waals surface area contributed by atoms with E-state index < -0.39 is 0 Å². The largest absolute Gasteiger partial charge is 0.382 e. The summed E-state index contributed by atoms with van der Waals surface area (Å²) in [7, 11) is 0. The van der Waals surface area contributed by atoms with Gasteiger partial charge in [0.05, 0.1) is 6.61 Å². The molecule has 1 N–H and O–H groups in total. The SMILES string of the molecule is CCNC(C)c1ccc(C#CCOCCCOCC)cc1. The Morgan fingerprint density at radius 1 is 1.10 bits per heavy atom. The molecule has 0 aliphatic rings. The fourth-order valence-corrected chi connectivity index (χ4v) is 1.95. The lowest BCUT2D eigenvalue weighted by Gasteiger charge is -2.12. The van der Waals surface area contributed by atoms with Crippen LogP contribution in [0, 0.1) is 11.8 Å². The summed E-state index contributed by atoms with van der Waals surface area (Å²) < 4.78 is 10.7. The molecular formula is C18H27NO2. The van der Waals surface area contributed by atoms with Crippen molar-refractivity contribution in [2.75, 3.05) is 33.0 Å². The van der Waals surface area contributed by atoms with Gasteiger partial charge in [-0.2, -0.15) is 0 Å². The van der Waals surface area contributed by atoms with E-state index >= 15 is 0 Å². The average molecular weight is 289 g/mol. The lowest BCUT2D eigenvalue weighted by Crippen LogP contribution is -2.17. The number of hydrogen-bond acceptors (Lipinski definition) is 3. The molecule has 0 radical (unpaired) electrons. The highest BCUT2D eigenvalue weighted by Crippen LogP contribution is 2.12. The normalized spacial score (nSPS) is 11.8. The molecule has 0 aliphatic heterocycles. The van der Waals surface area contributed by atoms with Crippen LogP contribution in [0.1, 0.15) is 44.4 Å². The molecule has 0 heterocycles. The van der Waals surface area contributed by atoms with E-state index in [4.69, 9.17) is 9.47 Å². The monoisotopic (exact) mass is 289 g/mol. The minimum absolute atomic E-state index is 0.380. The molecule has 1 aromatic rings. The van der Waals surface area contributed by atoms with E-state index in [1.807, 2.05) is 6.92 Å². The molecule has 0 saturated carbocycles. The summed E-state index contributed by atoms with van der Waals surface area (Å²) in [4.78, 5) is 0. The minimum Gasteiger partial charge on any atom is -0.382 e. The van der Waals surface area contributed by atoms with Crippen LogP contribution in [0.5, 0.6) is 0 Å². The fourth-order valence-electron chi connectivity index (χ4n) is 1.95. The van der Waals surface area contributed by atoms with Crippen LogP contribution in [-0.4, -0.2) is 33.0 Å². The highest BCUT2D eigenvalue weighted by Gasteiger charge is 2.01. The molecule has 0 aromatic heterocycles. The van der Waals surface area contributed by atoms with Gasteiger partial charge in [0.2, 0.25) is 0 Å². The van der Waals surface area contributed by atoms with E-state index in [2.05, 4.69) is 55.3 Å². The smallest absolute Gasteiger partial charge is 0.108 e. The number of ether oxygens (including phenoxy) is 2. The molecular weight excluding hydrogens is 262 g/mol. The van der Waals surface area contributed by atoms with Gasteiger partial charge in [0.25, 0.3) is 0 Å². The van der Waals surface area contributed by atoms with Crippen molar-refractivity contribution in [2.45, 2.75) is 33.2 Å². The van der Waals surface area contributed by atoms with Crippen molar-refractivity contribution in [2.24, 2.45) is 0 Å². The molecule has 1 aromatic carbocycles. The van der Waals surface area contributed by atoms with Crippen molar-refractivity contribution in [1.82, 2.24) is 5.32 Å². The van der Waals surface area contributed by atoms with E-state index in [1.54, 1.807) is 0 Å². The van der Waals surface area contributed by atoms with Crippen LogP contribution in [0.25, 0.3) is 0 Å². The van der Waals surface area contributed by atoms with Crippen LogP contribution in [0.4, 0.5) is 0 Å². The first kappa shape index (κ1) is 17.7. The molecule has 3 nitrogen and oxygen atoms in total. The van der Waals surface area contributed by atoms with Crippen LogP contribution in [-0.2, 0) is 9.47 Å². The van der Waals surface area contributed by atoms with Crippen molar-refractivity contribution in [1.29, 1.82) is 0 Å². The lowest BCUT2D eigenvalue weighted by molar-refractivity contribution is 0.102. The van der Waals surface area contributed by atoms with Gasteiger partial charge in [-0.25, -0.2) is 0 Å². The molecule has 0 bridgehead atoms. The Morgan fingerprint density at radius 2 is 1.81 bits per heavy atom. The average Bonchev–Trinajstić information content (AvgIpc) is 2.51. The zero-order chi connectivity index (χ0) is 15.3. The summed E-state index contributed by atoms with van der Waals surface area (Å²) in [6.07, 6.45) is 0.923. The van der Waals surface area contributed by atoms with Crippen LogP contribution in [0.15, 0.2) is 24.3 Å². The van der Waals surface area contributed by atoms with Crippen molar-refractivity contribution in [3.05, 3.63) is 35.4 Å². The third-order valence-corrected chi connectivity index (χ3v) is 3.11. The number of rotatable bonds is 9. The molecule has 21 heavy (non-hydrogen) atoms. The van der Waals surface area contributed by atoms with Crippen molar-refractivity contribution in [3.63, 3.8) is 0 Å². The zero-order valence-electron chi connectivity index (χ0n) is 13.4. The second kappa shape index (κ2) is 11.3. The minimum atomic E-state index is 0.380. The summed E-state index contributed by atoms with van der Waals surface area (Å²) in [5.74, 6) is 6.16. The quantitative estimate of drug-likeness (QED) is 0.559. The highest BCUT2D eigenvalue weighted by molar-refractivity contribution is 5.36. The van der Waals surface area contributed by atoms with Crippen LogP contribution in [0.2, 0.25) is 0 Å². The lowest BCUT2D eigenvalue weighted by atomic mass is 10.1. The summed E-state index contributed by atoms with van der Waals surface area (Å²) in [5.41, 5.74) is 2.31. The maximum atomic E-state index is 5.43. The standard InChI is InChI=1S/C18H27NO2/c1-4-19-16(3)18-11-9-17(10-12-18)8-6-13-21-15-7-14-20-5-2/h9-12,16,19H,4-5,7,13-15H2,1-3H3. The van der Waals surface area contributed by atoms with Gasteiger partial charge in [0.1, 0.15) is 6.61 Å².